The van der Waals surface area contributed by atoms with Crippen molar-refractivity contribution in [2.24, 2.45) is 0 Å². The van der Waals surface area contributed by atoms with Gasteiger partial charge in [0.2, 0.25) is 0 Å². The van der Waals surface area contributed by atoms with E-state index in [4.69, 9.17) is 9.47 Å². The number of carbonyl (C=O) groups is 2. The Morgan fingerprint density at radius 2 is 1.82 bits per heavy atom. The number of hydrogen-bond donors (Lipinski definition) is 2. The number of phenols is 1. The molecule has 1 aliphatic heterocycles. The van der Waals surface area contributed by atoms with Crippen LogP contribution in [0.15, 0.2) is 42.0 Å². The fourth-order valence-corrected chi connectivity index (χ4v) is 4.11. The molecular weight excluding hydrogens is 434 g/mol. The molecule has 3 rings (SSSR count). The molecule has 0 radical (unpaired) electrons. The van der Waals surface area contributed by atoms with E-state index in [2.05, 4.69) is 20.8 Å². The Morgan fingerprint density at radius 1 is 1.12 bits per heavy atom. The van der Waals surface area contributed by atoms with Crippen molar-refractivity contribution in [1.29, 1.82) is 0 Å². The van der Waals surface area contributed by atoms with Crippen molar-refractivity contribution in [3.63, 3.8) is 0 Å². The zero-order chi connectivity index (χ0) is 25.2. The third kappa shape index (κ3) is 4.80. The number of rotatable bonds is 7. The van der Waals surface area contributed by atoms with Gasteiger partial charge in [-0.2, -0.15) is 0 Å². The Morgan fingerprint density at radius 3 is 2.44 bits per heavy atom. The number of Topliss-reactive ketones (excluding diaryl/α,β-unsaturated/α-hetero) is 1. The van der Waals surface area contributed by atoms with E-state index >= 15 is 0 Å². The first-order chi connectivity index (χ1) is 16.0. The smallest absolute Gasteiger partial charge is 0.295 e. The van der Waals surface area contributed by atoms with Gasteiger partial charge in [-0.15, -0.1) is 0 Å². The third-order valence-electron chi connectivity index (χ3n) is 6.03. The molecule has 0 saturated carbocycles. The molecule has 1 fully saturated rings. The van der Waals surface area contributed by atoms with E-state index in [9.17, 15) is 19.8 Å². The molecule has 7 nitrogen and oxygen atoms in total. The summed E-state index contributed by atoms with van der Waals surface area (Å²) in [4.78, 5) is 27.6. The molecule has 1 amide bonds. The van der Waals surface area contributed by atoms with Crippen LogP contribution in [0.2, 0.25) is 0 Å². The number of aliphatic hydroxyl groups excluding tert-OH is 1. The summed E-state index contributed by atoms with van der Waals surface area (Å²) in [5, 5.41) is 21.6. The standard InChI is InChI=1S/C27H33NO6/c1-7-34-21-14-17(9-11-20(21)29)23-22(25(31)26(32)28(23)12-13-33-6)24(30)19-15-18(27(3,4)5)10-8-16(19)2/h8-11,14-15,23,29-30H,7,12-13H2,1-6H3/b24-22+. The molecule has 182 valence electrons. The van der Waals surface area contributed by atoms with Crippen LogP contribution in [0, 0.1) is 6.92 Å². The number of benzene rings is 2. The SMILES string of the molecule is CCOc1cc(C2/C(=C(\O)c3cc(C(C)(C)C)ccc3C)C(=O)C(=O)N2CCOC)ccc1O. The summed E-state index contributed by atoms with van der Waals surface area (Å²) in [7, 11) is 1.51. The first-order valence-electron chi connectivity index (χ1n) is 11.4. The number of aromatic hydroxyl groups is 1. The van der Waals surface area contributed by atoms with Gasteiger partial charge in [0.25, 0.3) is 11.7 Å². The highest BCUT2D eigenvalue weighted by Crippen LogP contribution is 2.42. The topological polar surface area (TPSA) is 96.3 Å². The fraction of sp³-hybridized carbons (Fsp3) is 0.407. The fourth-order valence-electron chi connectivity index (χ4n) is 4.11. The average molecular weight is 468 g/mol. The molecule has 2 aromatic rings. The summed E-state index contributed by atoms with van der Waals surface area (Å²) in [5.74, 6) is -1.50. The second-order valence-corrected chi connectivity index (χ2v) is 9.43. The Kier molecular flexibility index (Phi) is 7.36. The van der Waals surface area contributed by atoms with Crippen molar-refractivity contribution in [2.45, 2.75) is 46.1 Å². The van der Waals surface area contributed by atoms with Crippen LogP contribution in [0.1, 0.15) is 56.0 Å². The van der Waals surface area contributed by atoms with Gasteiger partial charge in [-0.3, -0.25) is 9.59 Å². The molecule has 0 aliphatic carbocycles. The minimum atomic E-state index is -0.854. The van der Waals surface area contributed by atoms with E-state index in [1.54, 1.807) is 19.1 Å². The lowest BCUT2D eigenvalue weighted by molar-refractivity contribution is -0.140. The number of nitrogens with zero attached hydrogens (tertiary/aromatic N) is 1. The maximum atomic E-state index is 13.2. The van der Waals surface area contributed by atoms with Crippen molar-refractivity contribution in [3.05, 3.63) is 64.2 Å². The summed E-state index contributed by atoms with van der Waals surface area (Å²) >= 11 is 0. The largest absolute Gasteiger partial charge is 0.507 e. The predicted molar refractivity (Wildman–Crippen MR) is 130 cm³/mol. The maximum absolute atomic E-state index is 13.2. The highest BCUT2D eigenvalue weighted by atomic mass is 16.5. The minimum Gasteiger partial charge on any atom is -0.507 e. The number of carbonyl (C=O) groups excluding carboxylic acids is 2. The number of ketones is 1. The number of likely N-dealkylation sites (tertiary alicyclic amines) is 1. The van der Waals surface area contributed by atoms with Gasteiger partial charge in [-0.05, 0) is 54.2 Å². The van der Waals surface area contributed by atoms with Crippen LogP contribution in [-0.4, -0.2) is 53.7 Å². The number of hydrogen-bond acceptors (Lipinski definition) is 6. The number of amides is 1. The Bertz CT molecular complexity index is 1130. The van der Waals surface area contributed by atoms with Crippen molar-refractivity contribution in [2.75, 3.05) is 26.9 Å². The molecular formula is C27H33NO6. The van der Waals surface area contributed by atoms with E-state index in [0.717, 1.165) is 11.1 Å². The first-order valence-corrected chi connectivity index (χ1v) is 11.4. The molecule has 0 bridgehead atoms. The second kappa shape index (κ2) is 9.89. The van der Waals surface area contributed by atoms with E-state index < -0.39 is 17.7 Å². The molecule has 34 heavy (non-hydrogen) atoms. The quantitative estimate of drug-likeness (QED) is 0.354. The van der Waals surface area contributed by atoms with Crippen LogP contribution in [0.5, 0.6) is 11.5 Å². The summed E-state index contributed by atoms with van der Waals surface area (Å²) in [6, 6.07) is 9.59. The van der Waals surface area contributed by atoms with Crippen LogP contribution in [-0.2, 0) is 19.7 Å². The number of ether oxygens (including phenoxy) is 2. The molecule has 2 N–H and O–H groups in total. The molecule has 2 aromatic carbocycles. The van der Waals surface area contributed by atoms with E-state index in [1.165, 1.54) is 18.1 Å². The van der Waals surface area contributed by atoms with Gasteiger partial charge < -0.3 is 24.6 Å². The van der Waals surface area contributed by atoms with E-state index in [-0.39, 0.29) is 41.4 Å². The summed E-state index contributed by atoms with van der Waals surface area (Å²) in [5.41, 5.74) is 2.66. The third-order valence-corrected chi connectivity index (χ3v) is 6.03. The average Bonchev–Trinajstić information content (AvgIpc) is 3.03. The first kappa shape index (κ1) is 25.3. The highest BCUT2D eigenvalue weighted by Gasteiger charge is 2.46. The van der Waals surface area contributed by atoms with Gasteiger partial charge in [0.1, 0.15) is 5.76 Å². The number of aliphatic hydroxyl groups is 1. The minimum absolute atomic E-state index is 0.00315. The summed E-state index contributed by atoms with van der Waals surface area (Å²) < 4.78 is 10.7. The Hall–Kier alpha value is -3.32. The molecule has 1 saturated heterocycles. The van der Waals surface area contributed by atoms with Crippen LogP contribution in [0.25, 0.3) is 5.76 Å². The van der Waals surface area contributed by atoms with Crippen LogP contribution in [0.3, 0.4) is 0 Å². The van der Waals surface area contributed by atoms with E-state index in [1.807, 2.05) is 25.1 Å². The van der Waals surface area contributed by atoms with Gasteiger partial charge in [0.15, 0.2) is 11.5 Å². The zero-order valence-corrected chi connectivity index (χ0v) is 20.6. The summed E-state index contributed by atoms with van der Waals surface area (Å²) in [6.07, 6.45) is 0. The van der Waals surface area contributed by atoms with Crippen molar-refractivity contribution in [3.8, 4) is 11.5 Å². The molecule has 0 spiro atoms. The normalized spacial score (nSPS) is 17.9. The Balaban J connectivity index is 2.25. The van der Waals surface area contributed by atoms with Crippen molar-refractivity contribution >= 4 is 17.4 Å². The molecule has 1 unspecified atom stereocenters. The number of methoxy groups -OCH3 is 1. The van der Waals surface area contributed by atoms with Gasteiger partial charge in [0, 0.05) is 19.2 Å². The lowest BCUT2D eigenvalue weighted by Gasteiger charge is -2.26. The lowest BCUT2D eigenvalue weighted by Crippen LogP contribution is -2.32. The van der Waals surface area contributed by atoms with E-state index in [0.29, 0.717) is 17.7 Å². The highest BCUT2D eigenvalue weighted by molar-refractivity contribution is 6.46. The van der Waals surface area contributed by atoms with Gasteiger partial charge in [-0.1, -0.05) is 39.0 Å². The predicted octanol–water partition coefficient (Wildman–Crippen LogP) is 4.46. The van der Waals surface area contributed by atoms with Gasteiger partial charge in [0.05, 0.1) is 24.8 Å². The lowest BCUT2D eigenvalue weighted by atomic mass is 9.84. The van der Waals surface area contributed by atoms with Crippen LogP contribution in [0.4, 0.5) is 0 Å². The summed E-state index contributed by atoms with van der Waals surface area (Å²) in [6.45, 7) is 10.6. The molecule has 0 aromatic heterocycles. The molecule has 1 atom stereocenters. The van der Waals surface area contributed by atoms with Crippen molar-refractivity contribution in [1.82, 2.24) is 4.90 Å². The maximum Gasteiger partial charge on any atom is 0.295 e. The number of phenolic OH excluding ortho intramolecular Hbond substituents is 1. The number of aryl methyl sites for hydroxylation is 1. The second-order valence-electron chi connectivity index (χ2n) is 9.43. The monoisotopic (exact) mass is 467 g/mol. The van der Waals surface area contributed by atoms with Crippen LogP contribution < -0.4 is 4.74 Å². The zero-order valence-electron chi connectivity index (χ0n) is 20.6. The molecule has 1 heterocycles. The molecule has 7 heteroatoms. The van der Waals surface area contributed by atoms with Crippen molar-refractivity contribution < 1.29 is 29.3 Å². The van der Waals surface area contributed by atoms with Gasteiger partial charge in [-0.25, -0.2) is 0 Å². The Labute approximate surface area is 200 Å². The van der Waals surface area contributed by atoms with Gasteiger partial charge >= 0.3 is 0 Å². The molecule has 1 aliphatic rings. The van der Waals surface area contributed by atoms with Crippen LogP contribution >= 0.6 is 0 Å².